The van der Waals surface area contributed by atoms with Gasteiger partial charge in [0.15, 0.2) is 11.2 Å². The van der Waals surface area contributed by atoms with Gasteiger partial charge < -0.3 is 15.4 Å². The molecule has 1 saturated heterocycles. The average Bonchev–Trinajstić information content (AvgIpc) is 3.27. The van der Waals surface area contributed by atoms with Crippen LogP contribution < -0.4 is 21.9 Å². The van der Waals surface area contributed by atoms with Gasteiger partial charge in [-0.25, -0.2) is 9.59 Å². The standard InChI is InChI=1S/C25H27N7O4/c1-4-5-11-31-20-21(28-24(31)30-10-6-7-19(27)15-30)29(2)25(35)32(22(20)33)14-18-12-16(23(34)36-3)8-9-17(18)13-26/h8-9,12,19H,6-7,10-11,14-15,27H2,1-3H3/t19-/m1/s1. The normalized spacial score (nSPS) is 15.3. The molecule has 0 radical (unpaired) electrons. The van der Waals surface area contributed by atoms with Gasteiger partial charge in [-0.2, -0.15) is 10.2 Å². The zero-order valence-electron chi connectivity index (χ0n) is 20.4. The van der Waals surface area contributed by atoms with Crippen LogP contribution in [0.1, 0.15) is 41.3 Å². The van der Waals surface area contributed by atoms with E-state index in [1.165, 1.54) is 29.9 Å². The van der Waals surface area contributed by atoms with Gasteiger partial charge in [0, 0.05) is 26.2 Å². The molecule has 1 aliphatic rings. The molecule has 11 nitrogen and oxygen atoms in total. The number of imidazole rings is 1. The van der Waals surface area contributed by atoms with Gasteiger partial charge in [0.1, 0.15) is 0 Å². The fraction of sp³-hybridized carbons (Fsp3) is 0.400. The van der Waals surface area contributed by atoms with Crippen LogP contribution in [-0.2, 0) is 24.9 Å². The number of aryl methyl sites for hydroxylation is 1. The molecule has 0 saturated carbocycles. The van der Waals surface area contributed by atoms with Crippen LogP contribution in [0.2, 0.25) is 0 Å². The summed E-state index contributed by atoms with van der Waals surface area (Å²) in [6.07, 6.45) is 1.79. The highest BCUT2D eigenvalue weighted by molar-refractivity contribution is 5.89. The molecule has 1 atom stereocenters. The number of nitrogens with two attached hydrogens (primary N) is 1. The van der Waals surface area contributed by atoms with Gasteiger partial charge in [-0.1, -0.05) is 5.92 Å². The van der Waals surface area contributed by atoms with Crippen molar-refractivity contribution in [1.29, 1.82) is 5.26 Å². The summed E-state index contributed by atoms with van der Waals surface area (Å²) in [7, 11) is 2.80. The van der Waals surface area contributed by atoms with Crippen molar-refractivity contribution in [3.63, 3.8) is 0 Å². The van der Waals surface area contributed by atoms with E-state index in [1.54, 1.807) is 18.5 Å². The maximum Gasteiger partial charge on any atom is 0.337 e. The van der Waals surface area contributed by atoms with E-state index in [9.17, 15) is 19.6 Å². The molecule has 1 fully saturated rings. The summed E-state index contributed by atoms with van der Waals surface area (Å²) in [4.78, 5) is 45.8. The first-order valence-corrected chi connectivity index (χ1v) is 11.5. The molecule has 3 heterocycles. The second-order valence-corrected chi connectivity index (χ2v) is 8.65. The quantitative estimate of drug-likeness (QED) is 0.405. The Bertz CT molecular complexity index is 1560. The molecule has 0 unspecified atom stereocenters. The minimum Gasteiger partial charge on any atom is -0.465 e. The van der Waals surface area contributed by atoms with E-state index in [0.29, 0.717) is 18.1 Å². The second-order valence-electron chi connectivity index (χ2n) is 8.65. The van der Waals surface area contributed by atoms with Crippen LogP contribution in [0.4, 0.5) is 5.95 Å². The lowest BCUT2D eigenvalue weighted by Crippen LogP contribution is -2.44. The van der Waals surface area contributed by atoms with Crippen molar-refractivity contribution >= 4 is 23.1 Å². The number of aromatic nitrogens is 4. The predicted molar refractivity (Wildman–Crippen MR) is 134 cm³/mol. The zero-order chi connectivity index (χ0) is 26.0. The van der Waals surface area contributed by atoms with Crippen molar-refractivity contribution in [2.45, 2.75) is 38.9 Å². The Labute approximate surface area is 207 Å². The molecule has 1 aliphatic heterocycles. The van der Waals surface area contributed by atoms with E-state index >= 15 is 0 Å². The van der Waals surface area contributed by atoms with Gasteiger partial charge >= 0.3 is 11.7 Å². The molecule has 0 aliphatic carbocycles. The molecule has 4 rings (SSSR count). The Morgan fingerprint density at radius 1 is 1.31 bits per heavy atom. The molecule has 36 heavy (non-hydrogen) atoms. The van der Waals surface area contributed by atoms with Crippen LogP contribution in [0.25, 0.3) is 11.2 Å². The molecular weight excluding hydrogens is 462 g/mol. The molecule has 0 amide bonds. The Morgan fingerprint density at radius 3 is 2.75 bits per heavy atom. The number of ether oxygens (including phenoxy) is 1. The lowest BCUT2D eigenvalue weighted by Gasteiger charge is -2.31. The first-order valence-electron chi connectivity index (χ1n) is 11.5. The highest BCUT2D eigenvalue weighted by atomic mass is 16.5. The van der Waals surface area contributed by atoms with Crippen LogP contribution in [0.3, 0.4) is 0 Å². The highest BCUT2D eigenvalue weighted by Gasteiger charge is 2.26. The van der Waals surface area contributed by atoms with Crippen LogP contribution in [0, 0.1) is 23.2 Å². The zero-order valence-corrected chi connectivity index (χ0v) is 20.4. The van der Waals surface area contributed by atoms with Crippen LogP contribution in [-0.4, -0.2) is 50.9 Å². The van der Waals surface area contributed by atoms with Crippen LogP contribution >= 0.6 is 0 Å². The van der Waals surface area contributed by atoms with Crippen molar-refractivity contribution in [2.75, 3.05) is 25.1 Å². The topological polar surface area (TPSA) is 141 Å². The number of nitrogens with zero attached hydrogens (tertiary/aromatic N) is 6. The summed E-state index contributed by atoms with van der Waals surface area (Å²) < 4.78 is 8.85. The predicted octanol–water partition coefficient (Wildman–Crippen LogP) is 0.554. The molecular formula is C25H27N7O4. The number of hydrogen-bond acceptors (Lipinski definition) is 8. The molecule has 186 valence electrons. The fourth-order valence-corrected chi connectivity index (χ4v) is 4.49. The largest absolute Gasteiger partial charge is 0.465 e. The summed E-state index contributed by atoms with van der Waals surface area (Å²) in [6.45, 7) is 3.02. The van der Waals surface area contributed by atoms with Gasteiger partial charge in [0.25, 0.3) is 5.56 Å². The number of rotatable bonds is 5. The van der Waals surface area contributed by atoms with Gasteiger partial charge in [0.2, 0.25) is 5.95 Å². The van der Waals surface area contributed by atoms with Crippen molar-refractivity contribution in [2.24, 2.45) is 12.8 Å². The monoisotopic (exact) mass is 489 g/mol. The third-order valence-corrected chi connectivity index (χ3v) is 6.34. The Balaban J connectivity index is 1.93. The van der Waals surface area contributed by atoms with Crippen molar-refractivity contribution in [3.05, 3.63) is 55.7 Å². The summed E-state index contributed by atoms with van der Waals surface area (Å²) in [5, 5.41) is 9.58. The average molecular weight is 490 g/mol. The minimum absolute atomic E-state index is 0.0174. The first kappa shape index (κ1) is 24.8. The number of methoxy groups -OCH3 is 1. The third-order valence-electron chi connectivity index (χ3n) is 6.34. The van der Waals surface area contributed by atoms with E-state index in [0.717, 1.165) is 24.0 Å². The van der Waals surface area contributed by atoms with Gasteiger partial charge in [-0.15, -0.1) is 5.92 Å². The number of piperidine rings is 1. The molecule has 0 spiro atoms. The fourth-order valence-electron chi connectivity index (χ4n) is 4.49. The second kappa shape index (κ2) is 10.1. The summed E-state index contributed by atoms with van der Waals surface area (Å²) >= 11 is 0. The Kier molecular flexibility index (Phi) is 6.95. The number of hydrogen-bond donors (Lipinski definition) is 1. The van der Waals surface area contributed by atoms with Crippen LogP contribution in [0.15, 0.2) is 27.8 Å². The van der Waals surface area contributed by atoms with E-state index < -0.39 is 17.2 Å². The molecule has 3 aromatic rings. The van der Waals surface area contributed by atoms with E-state index in [-0.39, 0.29) is 41.4 Å². The van der Waals surface area contributed by atoms with E-state index in [4.69, 9.17) is 10.5 Å². The molecule has 2 N–H and O–H groups in total. The summed E-state index contributed by atoms with van der Waals surface area (Å²) in [5.41, 5.74) is 6.32. The lowest BCUT2D eigenvalue weighted by molar-refractivity contribution is 0.0600. The van der Waals surface area contributed by atoms with Gasteiger partial charge in [-0.3, -0.25) is 18.5 Å². The number of benzene rings is 1. The smallest absolute Gasteiger partial charge is 0.337 e. The number of nitriles is 1. The lowest BCUT2D eigenvalue weighted by atomic mass is 10.0. The van der Waals surface area contributed by atoms with Crippen molar-refractivity contribution < 1.29 is 9.53 Å². The van der Waals surface area contributed by atoms with Crippen LogP contribution in [0.5, 0.6) is 0 Å². The number of carbonyl (C=O) groups excluding carboxylic acids is 1. The molecule has 11 heteroatoms. The number of fused-ring (bicyclic) bond motifs is 1. The molecule has 2 aromatic heterocycles. The Morgan fingerprint density at radius 2 is 2.08 bits per heavy atom. The summed E-state index contributed by atoms with van der Waals surface area (Å²) in [5.74, 6) is 5.80. The summed E-state index contributed by atoms with van der Waals surface area (Å²) in [6, 6.07) is 6.42. The molecule has 1 aromatic carbocycles. The molecule has 0 bridgehead atoms. The number of carbonyl (C=O) groups is 1. The van der Waals surface area contributed by atoms with Crippen molar-refractivity contribution in [1.82, 2.24) is 18.7 Å². The number of anilines is 1. The number of esters is 1. The highest BCUT2D eigenvalue weighted by Crippen LogP contribution is 2.23. The van der Waals surface area contributed by atoms with Gasteiger partial charge in [0.05, 0.1) is 37.4 Å². The van der Waals surface area contributed by atoms with Gasteiger partial charge in [-0.05, 0) is 43.5 Å². The maximum atomic E-state index is 13.7. The minimum atomic E-state index is -0.590. The first-order chi connectivity index (χ1) is 17.3. The van der Waals surface area contributed by atoms with Crippen molar-refractivity contribution in [3.8, 4) is 17.9 Å². The SMILES string of the molecule is CC#CCn1c(N2CCC[C@@H](N)C2)nc2c1c(=O)n(Cc1cc(C(=O)OC)ccc1C#N)c(=O)n2C. The third kappa shape index (κ3) is 4.37. The van der Waals surface area contributed by atoms with E-state index in [1.807, 2.05) is 4.90 Å². The maximum absolute atomic E-state index is 13.7. The van der Waals surface area contributed by atoms with E-state index in [2.05, 4.69) is 22.9 Å². The Hall–Kier alpha value is -4.35.